The Hall–Kier alpha value is -1.65. The third-order valence-electron chi connectivity index (χ3n) is 4.44. The van der Waals surface area contributed by atoms with Crippen molar-refractivity contribution in [2.24, 2.45) is 0 Å². The van der Waals surface area contributed by atoms with Crippen molar-refractivity contribution in [3.63, 3.8) is 0 Å². The predicted octanol–water partition coefficient (Wildman–Crippen LogP) is 3.57. The van der Waals surface area contributed by atoms with E-state index in [0.29, 0.717) is 18.7 Å². The molecule has 0 radical (unpaired) electrons. The number of aromatic nitrogens is 2. The van der Waals surface area contributed by atoms with Gasteiger partial charge >= 0.3 is 0 Å². The van der Waals surface area contributed by atoms with Gasteiger partial charge in [0.2, 0.25) is 0 Å². The van der Waals surface area contributed by atoms with E-state index in [1.165, 1.54) is 5.57 Å². The maximum Gasteiger partial charge on any atom is 0.122 e. The van der Waals surface area contributed by atoms with E-state index in [2.05, 4.69) is 40.6 Å². The van der Waals surface area contributed by atoms with Crippen LogP contribution in [0.3, 0.4) is 0 Å². The molecule has 0 saturated carbocycles. The van der Waals surface area contributed by atoms with Gasteiger partial charge in [0.05, 0.1) is 13.2 Å². The molecular weight excluding hydrogens is 286 g/mol. The third kappa shape index (κ3) is 4.66. The Kier molecular flexibility index (Phi) is 6.81. The zero-order valence-electron chi connectivity index (χ0n) is 14.4. The highest BCUT2D eigenvalue weighted by Gasteiger charge is 2.29. The summed E-state index contributed by atoms with van der Waals surface area (Å²) in [6.07, 6.45) is 13.4. The minimum atomic E-state index is 0.388. The van der Waals surface area contributed by atoms with E-state index in [9.17, 15) is 0 Å². The molecule has 1 aliphatic heterocycles. The van der Waals surface area contributed by atoms with E-state index >= 15 is 0 Å². The fourth-order valence-electron chi connectivity index (χ4n) is 3.33. The van der Waals surface area contributed by atoms with Crippen LogP contribution in [0.4, 0.5) is 0 Å². The summed E-state index contributed by atoms with van der Waals surface area (Å²) in [6, 6.07) is 0.869. The van der Waals surface area contributed by atoms with E-state index in [-0.39, 0.29) is 0 Å². The molecule has 126 valence electrons. The molecule has 0 spiro atoms. The largest absolute Gasteiger partial charge is 0.383 e. The van der Waals surface area contributed by atoms with Crippen molar-refractivity contribution in [3.05, 3.63) is 55.2 Å². The average Bonchev–Trinajstić information content (AvgIpc) is 2.96. The highest BCUT2D eigenvalue weighted by Crippen LogP contribution is 2.28. The van der Waals surface area contributed by atoms with E-state index < -0.39 is 0 Å². The minimum absolute atomic E-state index is 0.388. The van der Waals surface area contributed by atoms with Crippen molar-refractivity contribution in [1.29, 1.82) is 0 Å². The number of rotatable bonds is 9. The van der Waals surface area contributed by atoms with Gasteiger partial charge < -0.3 is 9.30 Å². The SMILES string of the molecule is C=CC[C@@H]1CC(C)=C[C@@H](CC=C)N1Cc1nccn1CCOC. The summed E-state index contributed by atoms with van der Waals surface area (Å²) in [4.78, 5) is 7.11. The van der Waals surface area contributed by atoms with Gasteiger partial charge in [0.25, 0.3) is 0 Å². The highest BCUT2D eigenvalue weighted by molar-refractivity contribution is 5.14. The van der Waals surface area contributed by atoms with Gasteiger partial charge in [-0.15, -0.1) is 13.2 Å². The molecule has 0 fully saturated rings. The van der Waals surface area contributed by atoms with Crippen LogP contribution in [0.1, 0.15) is 32.0 Å². The summed E-state index contributed by atoms with van der Waals surface area (Å²) in [5, 5.41) is 0. The van der Waals surface area contributed by atoms with Crippen LogP contribution in [0.5, 0.6) is 0 Å². The zero-order chi connectivity index (χ0) is 16.7. The van der Waals surface area contributed by atoms with Crippen molar-refractivity contribution in [1.82, 2.24) is 14.5 Å². The van der Waals surface area contributed by atoms with Crippen LogP contribution >= 0.6 is 0 Å². The monoisotopic (exact) mass is 315 g/mol. The molecule has 0 aromatic carbocycles. The van der Waals surface area contributed by atoms with Gasteiger partial charge in [-0.3, -0.25) is 4.90 Å². The average molecular weight is 315 g/mol. The van der Waals surface area contributed by atoms with Gasteiger partial charge in [-0.1, -0.05) is 23.8 Å². The molecule has 0 bridgehead atoms. The van der Waals surface area contributed by atoms with Crippen molar-refractivity contribution in [3.8, 4) is 0 Å². The van der Waals surface area contributed by atoms with Crippen LogP contribution < -0.4 is 0 Å². The molecule has 0 N–H and O–H groups in total. The molecule has 23 heavy (non-hydrogen) atoms. The van der Waals surface area contributed by atoms with Crippen molar-refractivity contribution >= 4 is 0 Å². The van der Waals surface area contributed by atoms with Gasteiger partial charge in [0, 0.05) is 38.1 Å². The topological polar surface area (TPSA) is 30.3 Å². The molecular formula is C19H29N3O. The molecule has 0 aliphatic carbocycles. The van der Waals surface area contributed by atoms with Crippen molar-refractivity contribution in [2.45, 2.75) is 51.4 Å². The lowest BCUT2D eigenvalue weighted by atomic mass is 9.92. The Bertz CT molecular complexity index is 547. The van der Waals surface area contributed by atoms with Crippen LogP contribution in [0, 0.1) is 0 Å². The number of ether oxygens (including phenoxy) is 1. The first-order valence-corrected chi connectivity index (χ1v) is 8.33. The molecule has 0 unspecified atom stereocenters. The van der Waals surface area contributed by atoms with Crippen LogP contribution in [0.2, 0.25) is 0 Å². The number of nitrogens with zero attached hydrogens (tertiary/aromatic N) is 3. The molecule has 0 saturated heterocycles. The summed E-state index contributed by atoms with van der Waals surface area (Å²) < 4.78 is 7.38. The van der Waals surface area contributed by atoms with E-state index in [4.69, 9.17) is 4.74 Å². The maximum absolute atomic E-state index is 5.20. The fourth-order valence-corrected chi connectivity index (χ4v) is 3.33. The molecule has 4 heteroatoms. The predicted molar refractivity (Wildman–Crippen MR) is 95.2 cm³/mol. The van der Waals surface area contributed by atoms with Crippen LogP contribution in [-0.4, -0.2) is 40.3 Å². The van der Waals surface area contributed by atoms with E-state index in [1.807, 2.05) is 24.5 Å². The summed E-state index contributed by atoms with van der Waals surface area (Å²) in [5.41, 5.74) is 1.46. The van der Waals surface area contributed by atoms with Gasteiger partial charge in [0.15, 0.2) is 0 Å². The Morgan fingerprint density at radius 1 is 1.35 bits per heavy atom. The van der Waals surface area contributed by atoms with Crippen LogP contribution in [0.15, 0.2) is 49.4 Å². The van der Waals surface area contributed by atoms with Gasteiger partial charge in [-0.25, -0.2) is 4.98 Å². The molecule has 1 aromatic rings. The highest BCUT2D eigenvalue weighted by atomic mass is 16.5. The van der Waals surface area contributed by atoms with E-state index in [0.717, 1.165) is 38.2 Å². The molecule has 2 rings (SSSR count). The molecule has 2 atom stereocenters. The lowest BCUT2D eigenvalue weighted by molar-refractivity contribution is 0.130. The fraction of sp³-hybridized carbons (Fsp3) is 0.526. The smallest absolute Gasteiger partial charge is 0.122 e. The number of hydrogen-bond donors (Lipinski definition) is 0. The summed E-state index contributed by atoms with van der Waals surface area (Å²) in [7, 11) is 1.73. The Labute approximate surface area is 140 Å². The van der Waals surface area contributed by atoms with E-state index in [1.54, 1.807) is 7.11 Å². The second kappa shape index (κ2) is 8.85. The molecule has 1 aliphatic rings. The molecule has 1 aromatic heterocycles. The Morgan fingerprint density at radius 3 is 2.83 bits per heavy atom. The van der Waals surface area contributed by atoms with Crippen molar-refractivity contribution < 1.29 is 4.74 Å². The molecule has 0 amide bonds. The lowest BCUT2D eigenvalue weighted by Crippen LogP contribution is -2.45. The lowest BCUT2D eigenvalue weighted by Gasteiger charge is -2.40. The first kappa shape index (κ1) is 17.7. The third-order valence-corrected chi connectivity index (χ3v) is 4.44. The Balaban J connectivity index is 2.19. The number of imidazole rings is 1. The number of methoxy groups -OCH3 is 1. The van der Waals surface area contributed by atoms with Crippen LogP contribution in [0.25, 0.3) is 0 Å². The van der Waals surface area contributed by atoms with Crippen molar-refractivity contribution in [2.75, 3.05) is 13.7 Å². The molecule has 2 heterocycles. The zero-order valence-corrected chi connectivity index (χ0v) is 14.4. The molecule has 4 nitrogen and oxygen atoms in total. The first-order chi connectivity index (χ1) is 11.2. The van der Waals surface area contributed by atoms with Crippen LogP contribution in [-0.2, 0) is 17.8 Å². The standard InChI is InChI=1S/C19H29N3O/c1-5-7-17-13-16(3)14-18(8-6-2)22(17)15-19-20-9-10-21(19)11-12-23-4/h5-6,9-10,13,17-18H,1-2,7-8,11-12,14-15H2,3-4H3/t17-,18-/m1/s1. The second-order valence-electron chi connectivity index (χ2n) is 6.19. The van der Waals surface area contributed by atoms with Gasteiger partial charge in [-0.05, 0) is 26.2 Å². The summed E-state index contributed by atoms with van der Waals surface area (Å²) in [5.74, 6) is 1.10. The summed E-state index contributed by atoms with van der Waals surface area (Å²) >= 11 is 0. The normalized spacial score (nSPS) is 21.9. The first-order valence-electron chi connectivity index (χ1n) is 8.33. The quantitative estimate of drug-likeness (QED) is 0.653. The van der Waals surface area contributed by atoms with Gasteiger partial charge in [-0.2, -0.15) is 0 Å². The Morgan fingerprint density at radius 2 is 2.13 bits per heavy atom. The maximum atomic E-state index is 5.20. The second-order valence-corrected chi connectivity index (χ2v) is 6.19. The van der Waals surface area contributed by atoms with Gasteiger partial charge in [0.1, 0.15) is 5.82 Å². The number of hydrogen-bond acceptors (Lipinski definition) is 3. The minimum Gasteiger partial charge on any atom is -0.383 e. The summed E-state index contributed by atoms with van der Waals surface area (Å²) in [6.45, 7) is 12.5.